The van der Waals surface area contributed by atoms with E-state index in [1.54, 1.807) is 0 Å². The van der Waals surface area contributed by atoms with Crippen molar-refractivity contribution in [3.05, 3.63) is 22.4 Å². The first-order valence-electron chi connectivity index (χ1n) is 8.38. The molecule has 0 unspecified atom stereocenters. The molecular weight excluding hydrogens is 310 g/mol. The van der Waals surface area contributed by atoms with E-state index in [2.05, 4.69) is 27.3 Å². The smallest absolute Gasteiger partial charge is 0.248 e. The van der Waals surface area contributed by atoms with Gasteiger partial charge in [-0.3, -0.25) is 9.69 Å². The molecule has 2 aliphatic rings. The number of thiophene rings is 1. The van der Waals surface area contributed by atoms with Gasteiger partial charge >= 0.3 is 0 Å². The predicted molar refractivity (Wildman–Crippen MR) is 92.6 cm³/mol. The van der Waals surface area contributed by atoms with Crippen molar-refractivity contribution in [2.45, 2.75) is 25.0 Å². The summed E-state index contributed by atoms with van der Waals surface area (Å²) in [6.07, 6.45) is 2.04. The third kappa shape index (κ3) is 4.32. The number of likely N-dealkylation sites (tertiary alicyclic amines) is 1. The summed E-state index contributed by atoms with van der Waals surface area (Å²) in [5.41, 5.74) is -0.119. The Morgan fingerprint density at radius 2 is 2.13 bits per heavy atom. The summed E-state index contributed by atoms with van der Waals surface area (Å²) in [5.74, 6) is 0.137. The molecule has 1 spiro atoms. The maximum Gasteiger partial charge on any atom is 0.248 e. The summed E-state index contributed by atoms with van der Waals surface area (Å²) in [6.45, 7) is 5.85. The van der Waals surface area contributed by atoms with Crippen LogP contribution in [0.4, 0.5) is 0 Å². The Kier molecular flexibility index (Phi) is 5.36. The highest BCUT2D eigenvalue weighted by Crippen LogP contribution is 2.31. The molecule has 23 heavy (non-hydrogen) atoms. The lowest BCUT2D eigenvalue weighted by Crippen LogP contribution is -2.59. The van der Waals surface area contributed by atoms with Gasteiger partial charge in [0.15, 0.2) is 0 Å². The van der Waals surface area contributed by atoms with E-state index in [1.807, 2.05) is 30.3 Å². The molecule has 128 valence electrons. The maximum atomic E-state index is 12.1. The molecule has 1 aromatic rings. The zero-order chi connectivity index (χ0) is 16.3. The van der Waals surface area contributed by atoms with Crippen molar-refractivity contribution < 1.29 is 9.53 Å². The number of carbonyl (C=O) groups is 1. The number of hydrogen-bond donors (Lipinski definition) is 0. The minimum atomic E-state index is -0.119. The van der Waals surface area contributed by atoms with Gasteiger partial charge in [0.05, 0.1) is 5.60 Å². The molecule has 0 aromatic carbocycles. The van der Waals surface area contributed by atoms with Crippen molar-refractivity contribution in [3.8, 4) is 0 Å². The van der Waals surface area contributed by atoms with Gasteiger partial charge in [0.1, 0.15) is 6.61 Å². The number of rotatable bonds is 5. The normalized spacial score (nSPS) is 22.2. The lowest BCUT2D eigenvalue weighted by molar-refractivity contribution is -0.171. The molecule has 1 aromatic heterocycles. The Hall–Kier alpha value is -0.950. The summed E-state index contributed by atoms with van der Waals surface area (Å²) in [4.78, 5) is 20.1. The minimum Gasteiger partial charge on any atom is -0.363 e. The van der Waals surface area contributed by atoms with Gasteiger partial charge in [0.2, 0.25) is 5.91 Å². The average molecular weight is 337 g/mol. The third-order valence-electron chi connectivity index (χ3n) is 4.88. The SMILES string of the molecule is CN(C)CCN1CC2(CCN(Cc3cccs3)CC2)OCC1=O. The van der Waals surface area contributed by atoms with E-state index >= 15 is 0 Å². The second-order valence-electron chi connectivity index (χ2n) is 6.95. The molecule has 0 atom stereocenters. The lowest BCUT2D eigenvalue weighted by Gasteiger charge is -2.47. The van der Waals surface area contributed by atoms with E-state index < -0.39 is 0 Å². The van der Waals surface area contributed by atoms with Crippen LogP contribution >= 0.6 is 11.3 Å². The van der Waals surface area contributed by atoms with Crippen molar-refractivity contribution in [3.63, 3.8) is 0 Å². The standard InChI is InChI=1S/C17H27N3O2S/c1-18(2)9-10-20-14-17(22-13-16(20)21)5-7-19(8-6-17)12-15-4-3-11-23-15/h3-4,11H,5-10,12-14H2,1-2H3. The van der Waals surface area contributed by atoms with E-state index in [-0.39, 0.29) is 18.1 Å². The third-order valence-corrected chi connectivity index (χ3v) is 5.74. The number of morpholine rings is 1. The summed E-state index contributed by atoms with van der Waals surface area (Å²) in [7, 11) is 4.09. The van der Waals surface area contributed by atoms with Crippen molar-refractivity contribution in [1.29, 1.82) is 0 Å². The molecule has 5 nitrogen and oxygen atoms in total. The van der Waals surface area contributed by atoms with Crippen molar-refractivity contribution >= 4 is 17.2 Å². The molecule has 1 amide bonds. The monoisotopic (exact) mass is 337 g/mol. The van der Waals surface area contributed by atoms with Crippen LogP contribution < -0.4 is 0 Å². The van der Waals surface area contributed by atoms with Crippen molar-refractivity contribution in [2.24, 2.45) is 0 Å². The fraction of sp³-hybridized carbons (Fsp3) is 0.706. The van der Waals surface area contributed by atoms with E-state index in [0.717, 1.165) is 52.1 Å². The quantitative estimate of drug-likeness (QED) is 0.816. The van der Waals surface area contributed by atoms with E-state index in [0.29, 0.717) is 0 Å². The maximum absolute atomic E-state index is 12.1. The van der Waals surface area contributed by atoms with E-state index in [4.69, 9.17) is 4.74 Å². The van der Waals surface area contributed by atoms with Gasteiger partial charge in [-0.05, 0) is 38.4 Å². The molecule has 0 radical (unpaired) electrons. The predicted octanol–water partition coefficient (Wildman–Crippen LogP) is 1.50. The summed E-state index contributed by atoms with van der Waals surface area (Å²) in [5, 5.41) is 2.14. The number of ether oxygens (including phenoxy) is 1. The molecule has 3 heterocycles. The number of hydrogen-bond acceptors (Lipinski definition) is 5. The van der Waals surface area contributed by atoms with Gasteiger partial charge in [-0.2, -0.15) is 0 Å². The number of carbonyl (C=O) groups excluding carboxylic acids is 1. The Labute approximate surface area is 142 Å². The fourth-order valence-corrected chi connectivity index (χ4v) is 4.10. The Bertz CT molecular complexity index is 510. The molecular formula is C17H27N3O2S. The summed E-state index contributed by atoms with van der Waals surface area (Å²) in [6, 6.07) is 4.32. The average Bonchev–Trinajstić information content (AvgIpc) is 3.04. The molecule has 0 N–H and O–H groups in total. The second kappa shape index (κ2) is 7.30. The van der Waals surface area contributed by atoms with Crippen LogP contribution in [0.15, 0.2) is 17.5 Å². The Morgan fingerprint density at radius 1 is 1.35 bits per heavy atom. The number of likely N-dealkylation sites (N-methyl/N-ethyl adjacent to an activating group) is 1. The van der Waals surface area contributed by atoms with Crippen LogP contribution in [0.5, 0.6) is 0 Å². The molecule has 0 saturated carbocycles. The van der Waals surface area contributed by atoms with Gasteiger partial charge in [-0.25, -0.2) is 0 Å². The highest BCUT2D eigenvalue weighted by molar-refractivity contribution is 7.09. The van der Waals surface area contributed by atoms with Crippen LogP contribution in [-0.4, -0.2) is 79.6 Å². The van der Waals surface area contributed by atoms with Crippen LogP contribution in [0.3, 0.4) is 0 Å². The zero-order valence-electron chi connectivity index (χ0n) is 14.2. The first-order valence-corrected chi connectivity index (χ1v) is 9.25. The Morgan fingerprint density at radius 3 is 2.78 bits per heavy atom. The van der Waals surface area contributed by atoms with Crippen LogP contribution in [0, 0.1) is 0 Å². The number of amides is 1. The van der Waals surface area contributed by atoms with E-state index in [9.17, 15) is 4.79 Å². The van der Waals surface area contributed by atoms with Gasteiger partial charge in [0, 0.05) is 44.1 Å². The van der Waals surface area contributed by atoms with Crippen molar-refractivity contribution in [1.82, 2.24) is 14.7 Å². The van der Waals surface area contributed by atoms with Crippen LogP contribution in [-0.2, 0) is 16.1 Å². The first-order chi connectivity index (χ1) is 11.1. The highest BCUT2D eigenvalue weighted by Gasteiger charge is 2.42. The van der Waals surface area contributed by atoms with Crippen LogP contribution in [0.25, 0.3) is 0 Å². The lowest BCUT2D eigenvalue weighted by atomic mass is 9.89. The highest BCUT2D eigenvalue weighted by atomic mass is 32.1. The minimum absolute atomic E-state index is 0.119. The van der Waals surface area contributed by atoms with Crippen LogP contribution in [0.2, 0.25) is 0 Å². The van der Waals surface area contributed by atoms with Crippen molar-refractivity contribution in [2.75, 3.05) is 53.4 Å². The van der Waals surface area contributed by atoms with Crippen LogP contribution in [0.1, 0.15) is 17.7 Å². The summed E-state index contributed by atoms with van der Waals surface area (Å²) >= 11 is 1.82. The molecule has 2 fully saturated rings. The zero-order valence-corrected chi connectivity index (χ0v) is 15.0. The fourth-order valence-electron chi connectivity index (χ4n) is 3.36. The van der Waals surface area contributed by atoms with Gasteiger partial charge in [0.25, 0.3) is 0 Å². The second-order valence-corrected chi connectivity index (χ2v) is 7.98. The molecule has 6 heteroatoms. The van der Waals surface area contributed by atoms with Gasteiger partial charge < -0.3 is 14.5 Å². The Balaban J connectivity index is 1.53. The first kappa shape index (κ1) is 16.9. The van der Waals surface area contributed by atoms with Gasteiger partial charge in [-0.1, -0.05) is 6.07 Å². The number of piperidine rings is 1. The topological polar surface area (TPSA) is 36.0 Å². The van der Waals surface area contributed by atoms with E-state index in [1.165, 1.54) is 4.88 Å². The van der Waals surface area contributed by atoms with Gasteiger partial charge in [-0.15, -0.1) is 11.3 Å². The summed E-state index contributed by atoms with van der Waals surface area (Å²) < 4.78 is 6.01. The number of nitrogens with zero attached hydrogens (tertiary/aromatic N) is 3. The molecule has 0 bridgehead atoms. The molecule has 2 aliphatic heterocycles. The molecule has 3 rings (SSSR count). The molecule has 2 saturated heterocycles. The molecule has 0 aliphatic carbocycles. The largest absolute Gasteiger partial charge is 0.363 e.